The molecule has 2 N–H and O–H groups in total. The lowest BCUT2D eigenvalue weighted by molar-refractivity contribution is 0.110. The maximum atomic E-state index is 12.3. The summed E-state index contributed by atoms with van der Waals surface area (Å²) in [6.07, 6.45) is -2.63. The summed E-state index contributed by atoms with van der Waals surface area (Å²) in [7, 11) is 0. The molecular formula is C7H5ClF2N2O. The number of rotatable bonds is 2. The molecule has 0 aliphatic carbocycles. The Morgan fingerprint density at radius 1 is 1.62 bits per heavy atom. The Hall–Kier alpha value is -1.23. The second kappa shape index (κ2) is 3.66. The van der Waals surface area contributed by atoms with E-state index in [1.165, 1.54) is 0 Å². The van der Waals surface area contributed by atoms with Gasteiger partial charge in [-0.25, -0.2) is 13.8 Å². The first-order valence-electron chi connectivity index (χ1n) is 3.25. The molecule has 0 atom stereocenters. The number of carbonyl (C=O) groups is 1. The number of nitrogen functional groups attached to an aromatic ring is 1. The minimum atomic E-state index is -2.83. The summed E-state index contributed by atoms with van der Waals surface area (Å²) >= 11 is 5.45. The molecule has 0 fully saturated rings. The molecule has 0 saturated heterocycles. The van der Waals surface area contributed by atoms with Crippen molar-refractivity contribution in [1.29, 1.82) is 0 Å². The highest BCUT2D eigenvalue weighted by molar-refractivity contribution is 6.32. The number of nitrogens with two attached hydrogens (primary N) is 1. The van der Waals surface area contributed by atoms with Crippen LogP contribution in [0.1, 0.15) is 22.5 Å². The summed E-state index contributed by atoms with van der Waals surface area (Å²) < 4.78 is 24.6. The second-order valence-electron chi connectivity index (χ2n) is 2.25. The second-order valence-corrected chi connectivity index (χ2v) is 2.65. The van der Waals surface area contributed by atoms with Crippen LogP contribution in [0.25, 0.3) is 0 Å². The number of anilines is 1. The van der Waals surface area contributed by atoms with Gasteiger partial charge in [0.1, 0.15) is 11.5 Å². The molecular weight excluding hydrogens is 202 g/mol. The topological polar surface area (TPSA) is 56.0 Å². The summed E-state index contributed by atoms with van der Waals surface area (Å²) in [5.74, 6) is -0.0588. The molecule has 13 heavy (non-hydrogen) atoms. The van der Waals surface area contributed by atoms with Gasteiger partial charge in [-0.2, -0.15) is 0 Å². The van der Waals surface area contributed by atoms with E-state index in [0.29, 0.717) is 0 Å². The molecule has 0 saturated carbocycles. The zero-order chi connectivity index (χ0) is 10.0. The monoisotopic (exact) mass is 206 g/mol. The van der Waals surface area contributed by atoms with Gasteiger partial charge in [0.2, 0.25) is 0 Å². The number of aldehydes is 1. The number of nitrogens with zero attached hydrogens (tertiary/aromatic N) is 1. The van der Waals surface area contributed by atoms with E-state index < -0.39 is 17.7 Å². The van der Waals surface area contributed by atoms with Crippen molar-refractivity contribution < 1.29 is 13.6 Å². The van der Waals surface area contributed by atoms with Crippen LogP contribution < -0.4 is 5.73 Å². The van der Waals surface area contributed by atoms with Crippen LogP contribution in [-0.2, 0) is 0 Å². The molecule has 1 rings (SSSR count). The van der Waals surface area contributed by atoms with Crippen molar-refractivity contribution in [2.45, 2.75) is 6.43 Å². The average Bonchev–Trinajstić information content (AvgIpc) is 2.01. The van der Waals surface area contributed by atoms with Crippen LogP contribution >= 0.6 is 11.6 Å². The average molecular weight is 207 g/mol. The quantitative estimate of drug-likeness (QED) is 0.754. The predicted octanol–water partition coefficient (Wildman–Crippen LogP) is 2.07. The summed E-state index contributed by atoms with van der Waals surface area (Å²) in [6, 6.07) is 1.08. The molecule has 1 aromatic heterocycles. The van der Waals surface area contributed by atoms with E-state index in [9.17, 15) is 13.6 Å². The first-order chi connectivity index (χ1) is 6.06. The zero-order valence-electron chi connectivity index (χ0n) is 6.30. The van der Waals surface area contributed by atoms with Crippen LogP contribution in [0.2, 0.25) is 5.02 Å². The third-order valence-corrected chi connectivity index (χ3v) is 1.70. The zero-order valence-corrected chi connectivity index (χ0v) is 7.05. The Morgan fingerprint density at radius 3 is 2.69 bits per heavy atom. The molecule has 0 radical (unpaired) electrons. The van der Waals surface area contributed by atoms with Crippen molar-refractivity contribution in [1.82, 2.24) is 4.98 Å². The van der Waals surface area contributed by atoms with E-state index in [1.807, 2.05) is 0 Å². The normalized spacial score (nSPS) is 10.5. The highest BCUT2D eigenvalue weighted by Crippen LogP contribution is 2.29. The Labute approximate surface area is 77.5 Å². The summed E-state index contributed by atoms with van der Waals surface area (Å²) in [5, 5.41) is -0.246. The first-order valence-corrected chi connectivity index (χ1v) is 3.63. The molecule has 70 valence electrons. The van der Waals surface area contributed by atoms with Gasteiger partial charge in [-0.3, -0.25) is 4.79 Å². The number of halogens is 3. The minimum Gasteiger partial charge on any atom is -0.384 e. The summed E-state index contributed by atoms with van der Waals surface area (Å²) in [5.41, 5.74) is 4.21. The standard InChI is InChI=1S/C7H5ClF2N2O/c8-3-1-5(11)12-4(2-13)6(3)7(9)10/h1-2,7H,(H2,11,12). The van der Waals surface area contributed by atoms with E-state index in [1.54, 1.807) is 0 Å². The molecule has 0 spiro atoms. The van der Waals surface area contributed by atoms with Crippen LogP contribution in [0, 0.1) is 0 Å². The fourth-order valence-electron chi connectivity index (χ4n) is 0.867. The Morgan fingerprint density at radius 2 is 2.23 bits per heavy atom. The highest BCUT2D eigenvalue weighted by Gasteiger charge is 2.18. The third kappa shape index (κ3) is 1.92. The van der Waals surface area contributed by atoms with Gasteiger partial charge in [0.15, 0.2) is 6.29 Å². The van der Waals surface area contributed by atoms with Gasteiger partial charge in [0.25, 0.3) is 6.43 Å². The van der Waals surface area contributed by atoms with Crippen LogP contribution in [0.4, 0.5) is 14.6 Å². The van der Waals surface area contributed by atoms with Crippen LogP contribution in [0.3, 0.4) is 0 Å². The Bertz CT molecular complexity index is 344. The van der Waals surface area contributed by atoms with Crippen molar-refractivity contribution in [2.24, 2.45) is 0 Å². The molecule has 6 heteroatoms. The molecule has 1 aromatic rings. The summed E-state index contributed by atoms with van der Waals surface area (Å²) in [4.78, 5) is 13.7. The number of hydrogen-bond acceptors (Lipinski definition) is 3. The van der Waals surface area contributed by atoms with Gasteiger partial charge in [-0.05, 0) is 6.07 Å². The maximum absolute atomic E-state index is 12.3. The minimum absolute atomic E-state index is 0.0588. The largest absolute Gasteiger partial charge is 0.384 e. The van der Waals surface area contributed by atoms with Crippen molar-refractivity contribution in [3.8, 4) is 0 Å². The van der Waals surface area contributed by atoms with Crippen LogP contribution in [0.15, 0.2) is 6.07 Å². The SMILES string of the molecule is Nc1cc(Cl)c(C(F)F)c(C=O)n1. The summed E-state index contributed by atoms with van der Waals surface area (Å²) in [6.45, 7) is 0. The molecule has 0 aliphatic heterocycles. The van der Waals surface area contributed by atoms with Crippen LogP contribution in [0.5, 0.6) is 0 Å². The van der Waals surface area contributed by atoms with E-state index in [0.717, 1.165) is 6.07 Å². The lowest BCUT2D eigenvalue weighted by Gasteiger charge is -2.05. The van der Waals surface area contributed by atoms with Crippen molar-refractivity contribution in [3.05, 3.63) is 22.3 Å². The number of carbonyl (C=O) groups excluding carboxylic acids is 1. The molecule has 1 heterocycles. The van der Waals surface area contributed by atoms with Crippen molar-refractivity contribution in [3.63, 3.8) is 0 Å². The lowest BCUT2D eigenvalue weighted by Crippen LogP contribution is -2.01. The third-order valence-electron chi connectivity index (χ3n) is 1.39. The van der Waals surface area contributed by atoms with Gasteiger partial charge in [0, 0.05) is 0 Å². The van der Waals surface area contributed by atoms with Crippen molar-refractivity contribution in [2.75, 3.05) is 5.73 Å². The number of alkyl halides is 2. The van der Waals surface area contributed by atoms with Gasteiger partial charge in [-0.15, -0.1) is 0 Å². The van der Waals surface area contributed by atoms with E-state index >= 15 is 0 Å². The first kappa shape index (κ1) is 9.85. The smallest absolute Gasteiger partial charge is 0.267 e. The van der Waals surface area contributed by atoms with E-state index in [4.69, 9.17) is 17.3 Å². The molecule has 0 aromatic carbocycles. The van der Waals surface area contributed by atoms with Gasteiger partial charge < -0.3 is 5.73 Å². The Balaban J connectivity index is 3.38. The van der Waals surface area contributed by atoms with Gasteiger partial charge >= 0.3 is 0 Å². The van der Waals surface area contributed by atoms with E-state index in [2.05, 4.69) is 4.98 Å². The fourth-order valence-corrected chi connectivity index (χ4v) is 1.16. The number of aromatic nitrogens is 1. The number of pyridine rings is 1. The lowest BCUT2D eigenvalue weighted by atomic mass is 10.2. The van der Waals surface area contributed by atoms with Gasteiger partial charge in [-0.1, -0.05) is 11.6 Å². The molecule has 0 amide bonds. The predicted molar refractivity (Wildman–Crippen MR) is 44.0 cm³/mol. The van der Waals surface area contributed by atoms with Crippen LogP contribution in [-0.4, -0.2) is 11.3 Å². The number of hydrogen-bond donors (Lipinski definition) is 1. The molecule has 0 unspecified atom stereocenters. The maximum Gasteiger partial charge on any atom is 0.267 e. The van der Waals surface area contributed by atoms with E-state index in [-0.39, 0.29) is 17.1 Å². The highest BCUT2D eigenvalue weighted by atomic mass is 35.5. The molecule has 3 nitrogen and oxygen atoms in total. The van der Waals surface area contributed by atoms with Crippen molar-refractivity contribution >= 4 is 23.7 Å². The molecule has 0 bridgehead atoms. The van der Waals surface area contributed by atoms with Gasteiger partial charge in [0.05, 0.1) is 10.6 Å². The molecule has 0 aliphatic rings. The Kier molecular flexibility index (Phi) is 2.77. The fraction of sp³-hybridized carbons (Fsp3) is 0.143.